The lowest BCUT2D eigenvalue weighted by molar-refractivity contribution is -0.0652. The van der Waals surface area contributed by atoms with Crippen LogP contribution in [0.2, 0.25) is 0 Å². The summed E-state index contributed by atoms with van der Waals surface area (Å²) in [5, 5.41) is 10.5. The van der Waals surface area contributed by atoms with E-state index in [0.29, 0.717) is 10.8 Å². The van der Waals surface area contributed by atoms with Crippen molar-refractivity contribution < 1.29 is 18.8 Å². The van der Waals surface area contributed by atoms with Gasteiger partial charge in [-0.3, -0.25) is 15.0 Å². The van der Waals surface area contributed by atoms with Gasteiger partial charge in [0, 0.05) is 24.8 Å². The molecule has 134 valence electrons. The number of benzene rings is 1. The summed E-state index contributed by atoms with van der Waals surface area (Å²) in [6.45, 7) is -0.137. The van der Waals surface area contributed by atoms with Gasteiger partial charge in [-0.2, -0.15) is 0 Å². The number of nitrogens with zero attached hydrogens (tertiary/aromatic N) is 3. The number of amides is 1. The Bertz CT molecular complexity index is 731. The molecule has 2 aromatic rings. The second-order valence-corrected chi connectivity index (χ2v) is 5.78. The Kier molecular flexibility index (Phi) is 5.92. The van der Waals surface area contributed by atoms with Crippen molar-refractivity contribution in [2.45, 2.75) is 18.9 Å². The highest BCUT2D eigenvalue weighted by atomic mass is 35.5. The van der Waals surface area contributed by atoms with Crippen molar-refractivity contribution in [3.05, 3.63) is 59.9 Å². The molecular weight excluding hydrogens is 352 g/mol. The van der Waals surface area contributed by atoms with Crippen LogP contribution in [0.15, 0.2) is 48.7 Å². The number of carbonyl (C=O) groups is 1. The number of hydrogen-bond acceptors (Lipinski definition) is 4. The Morgan fingerprint density at radius 1 is 1.28 bits per heavy atom. The van der Waals surface area contributed by atoms with E-state index in [1.165, 1.54) is 17.2 Å². The number of pyridine rings is 1. The molecule has 3 rings (SSSR count). The van der Waals surface area contributed by atoms with Crippen LogP contribution in [0, 0.1) is 0 Å². The number of halogens is 3. The molecule has 5 nitrogen and oxygen atoms in total. The molecule has 25 heavy (non-hydrogen) atoms. The standard InChI is InChI=1S/C17H17F2N3O2.ClH/c18-17(19)7-9-21(12-17)14-6-8-20-15(10-14)16(23)22(24)11-13-4-2-1-3-5-13;/h1-6,8,10,24H,7,9,11-12H2;1H. The quantitative estimate of drug-likeness (QED) is 0.663. The first-order chi connectivity index (χ1) is 11.4. The third-order valence-electron chi connectivity index (χ3n) is 3.91. The zero-order valence-corrected chi connectivity index (χ0v) is 14.1. The summed E-state index contributed by atoms with van der Waals surface area (Å²) in [7, 11) is 0. The van der Waals surface area contributed by atoms with Gasteiger partial charge in [0.1, 0.15) is 5.69 Å². The van der Waals surface area contributed by atoms with Crippen molar-refractivity contribution in [2.24, 2.45) is 0 Å². The molecule has 1 N–H and O–H groups in total. The van der Waals surface area contributed by atoms with E-state index in [2.05, 4.69) is 4.98 Å². The maximum absolute atomic E-state index is 13.3. The topological polar surface area (TPSA) is 56.7 Å². The monoisotopic (exact) mass is 369 g/mol. The number of anilines is 1. The van der Waals surface area contributed by atoms with Gasteiger partial charge in [0.15, 0.2) is 0 Å². The maximum Gasteiger partial charge on any atom is 0.296 e. The molecule has 1 aliphatic rings. The average Bonchev–Trinajstić information content (AvgIpc) is 2.95. The molecule has 0 spiro atoms. The number of carbonyl (C=O) groups excluding carboxylic acids is 1. The summed E-state index contributed by atoms with van der Waals surface area (Å²) in [6, 6.07) is 12.0. The van der Waals surface area contributed by atoms with Crippen LogP contribution in [0.4, 0.5) is 14.5 Å². The first-order valence-electron chi connectivity index (χ1n) is 7.58. The van der Waals surface area contributed by atoms with Crippen molar-refractivity contribution >= 4 is 24.0 Å². The molecule has 8 heteroatoms. The van der Waals surface area contributed by atoms with Crippen molar-refractivity contribution in [3.8, 4) is 0 Å². The van der Waals surface area contributed by atoms with Crippen molar-refractivity contribution in [1.29, 1.82) is 0 Å². The van der Waals surface area contributed by atoms with Crippen molar-refractivity contribution in [2.75, 3.05) is 18.0 Å². The van der Waals surface area contributed by atoms with Crippen LogP contribution in [0.5, 0.6) is 0 Å². The SMILES string of the molecule is Cl.O=C(c1cc(N2CCC(F)(F)C2)ccn1)N(O)Cc1ccccc1. The number of hydroxylamine groups is 2. The summed E-state index contributed by atoms with van der Waals surface area (Å²) in [5.41, 5.74) is 1.28. The Hall–Kier alpha value is -2.25. The molecular formula is C17H18ClF2N3O2. The molecule has 1 aromatic heterocycles. The van der Waals surface area contributed by atoms with Crippen LogP contribution in [0.1, 0.15) is 22.5 Å². The van der Waals surface area contributed by atoms with Crippen LogP contribution >= 0.6 is 12.4 Å². The Labute approximate surface area is 150 Å². The maximum atomic E-state index is 13.3. The Morgan fingerprint density at radius 2 is 2.00 bits per heavy atom. The number of alkyl halides is 2. The van der Waals surface area contributed by atoms with Crippen molar-refractivity contribution in [1.82, 2.24) is 10.0 Å². The highest BCUT2D eigenvalue weighted by Gasteiger charge is 2.38. The third kappa shape index (κ3) is 4.64. The second-order valence-electron chi connectivity index (χ2n) is 5.78. The molecule has 0 atom stereocenters. The zero-order valence-electron chi connectivity index (χ0n) is 13.3. The highest BCUT2D eigenvalue weighted by Crippen LogP contribution is 2.30. The number of aromatic nitrogens is 1. The minimum absolute atomic E-state index is 0. The minimum Gasteiger partial charge on any atom is -0.365 e. The van der Waals surface area contributed by atoms with Crippen LogP contribution in [-0.2, 0) is 6.54 Å². The van der Waals surface area contributed by atoms with Gasteiger partial charge < -0.3 is 4.90 Å². The van der Waals surface area contributed by atoms with E-state index in [1.54, 1.807) is 30.3 Å². The fourth-order valence-electron chi connectivity index (χ4n) is 2.65. The van der Waals surface area contributed by atoms with Gasteiger partial charge in [-0.1, -0.05) is 30.3 Å². The molecule has 0 bridgehead atoms. The fraction of sp³-hybridized carbons (Fsp3) is 0.294. The smallest absolute Gasteiger partial charge is 0.296 e. The van der Waals surface area contributed by atoms with Crippen LogP contribution < -0.4 is 4.90 Å². The van der Waals surface area contributed by atoms with E-state index < -0.39 is 11.8 Å². The predicted molar refractivity (Wildman–Crippen MR) is 91.4 cm³/mol. The van der Waals surface area contributed by atoms with E-state index in [-0.39, 0.29) is 44.2 Å². The lowest BCUT2D eigenvalue weighted by atomic mass is 10.2. The Morgan fingerprint density at radius 3 is 2.64 bits per heavy atom. The summed E-state index contributed by atoms with van der Waals surface area (Å²) >= 11 is 0. The summed E-state index contributed by atoms with van der Waals surface area (Å²) in [4.78, 5) is 17.7. The second kappa shape index (κ2) is 7.76. The first kappa shape index (κ1) is 19.1. The van der Waals surface area contributed by atoms with E-state index in [0.717, 1.165) is 5.56 Å². The largest absolute Gasteiger partial charge is 0.365 e. The average molecular weight is 370 g/mol. The summed E-state index contributed by atoms with van der Waals surface area (Å²) in [5.74, 6) is -3.39. The normalized spacial score (nSPS) is 15.6. The number of hydrogen-bond donors (Lipinski definition) is 1. The third-order valence-corrected chi connectivity index (χ3v) is 3.91. The van der Waals surface area contributed by atoms with Crippen LogP contribution in [-0.4, -0.2) is 40.2 Å². The summed E-state index contributed by atoms with van der Waals surface area (Å²) in [6.07, 6.45) is 1.17. The molecule has 1 aromatic carbocycles. The minimum atomic E-state index is -2.72. The van der Waals surface area contributed by atoms with E-state index in [1.807, 2.05) is 6.07 Å². The van der Waals surface area contributed by atoms with Gasteiger partial charge >= 0.3 is 0 Å². The zero-order chi connectivity index (χ0) is 17.2. The van der Waals surface area contributed by atoms with Gasteiger partial charge in [-0.05, 0) is 17.7 Å². The van der Waals surface area contributed by atoms with Crippen LogP contribution in [0.3, 0.4) is 0 Å². The van der Waals surface area contributed by atoms with Crippen molar-refractivity contribution in [3.63, 3.8) is 0 Å². The van der Waals surface area contributed by atoms with E-state index >= 15 is 0 Å². The highest BCUT2D eigenvalue weighted by molar-refractivity contribution is 5.92. The van der Waals surface area contributed by atoms with Crippen LogP contribution in [0.25, 0.3) is 0 Å². The van der Waals surface area contributed by atoms with Gasteiger partial charge in [-0.25, -0.2) is 13.8 Å². The lowest BCUT2D eigenvalue weighted by Gasteiger charge is -2.19. The molecule has 1 amide bonds. The molecule has 0 saturated carbocycles. The Balaban J connectivity index is 0.00000225. The van der Waals surface area contributed by atoms with E-state index in [9.17, 15) is 18.8 Å². The van der Waals surface area contributed by atoms with Gasteiger partial charge in [-0.15, -0.1) is 12.4 Å². The molecule has 1 fully saturated rings. The van der Waals surface area contributed by atoms with Gasteiger partial charge in [0.05, 0.1) is 13.1 Å². The fourth-order valence-corrected chi connectivity index (χ4v) is 2.65. The molecule has 0 radical (unpaired) electrons. The molecule has 0 unspecified atom stereocenters. The first-order valence-corrected chi connectivity index (χ1v) is 7.58. The van der Waals surface area contributed by atoms with Gasteiger partial charge in [0.2, 0.25) is 0 Å². The molecule has 1 saturated heterocycles. The molecule has 0 aliphatic carbocycles. The summed E-state index contributed by atoms with van der Waals surface area (Å²) < 4.78 is 26.7. The van der Waals surface area contributed by atoms with E-state index in [4.69, 9.17) is 0 Å². The van der Waals surface area contributed by atoms with Gasteiger partial charge in [0.25, 0.3) is 11.8 Å². The molecule has 2 heterocycles. The molecule has 1 aliphatic heterocycles. The lowest BCUT2D eigenvalue weighted by Crippen LogP contribution is -2.28. The predicted octanol–water partition coefficient (Wildman–Crippen LogP) is 3.38. The number of rotatable bonds is 4.